The number of hydrazine groups is 1. The van der Waals surface area contributed by atoms with Gasteiger partial charge in [0.2, 0.25) is 11.8 Å². The van der Waals surface area contributed by atoms with Gasteiger partial charge in [0.15, 0.2) is 9.84 Å². The summed E-state index contributed by atoms with van der Waals surface area (Å²) in [6.07, 6.45) is 0.303. The number of hydrogen-bond acceptors (Lipinski definition) is 5. The maximum Gasteiger partial charge on any atom is 0.248 e. The molecule has 0 bridgehead atoms. The van der Waals surface area contributed by atoms with Crippen molar-refractivity contribution in [1.29, 1.82) is 0 Å². The van der Waals surface area contributed by atoms with E-state index in [1.807, 2.05) is 24.3 Å². The van der Waals surface area contributed by atoms with Crippen molar-refractivity contribution in [3.05, 3.63) is 28.7 Å². The summed E-state index contributed by atoms with van der Waals surface area (Å²) in [4.78, 5) is 24.3. The van der Waals surface area contributed by atoms with E-state index < -0.39 is 21.7 Å². The predicted molar refractivity (Wildman–Crippen MR) is 87.9 cm³/mol. The first-order chi connectivity index (χ1) is 10.4. The highest BCUT2D eigenvalue weighted by atomic mass is 79.9. The van der Waals surface area contributed by atoms with Crippen LogP contribution in [0.5, 0.6) is 0 Å². The van der Waals surface area contributed by atoms with Crippen molar-refractivity contribution in [3.8, 4) is 0 Å². The highest BCUT2D eigenvalue weighted by Crippen LogP contribution is 2.20. The molecule has 0 radical (unpaired) electrons. The van der Waals surface area contributed by atoms with E-state index in [0.717, 1.165) is 9.37 Å². The van der Waals surface area contributed by atoms with Gasteiger partial charge in [-0.3, -0.25) is 20.4 Å². The van der Waals surface area contributed by atoms with Crippen LogP contribution in [-0.4, -0.2) is 37.5 Å². The minimum absolute atomic E-state index is 0.0262. The van der Waals surface area contributed by atoms with Crippen LogP contribution in [0.3, 0.4) is 0 Å². The zero-order chi connectivity index (χ0) is 16.2. The van der Waals surface area contributed by atoms with Gasteiger partial charge in [-0.2, -0.15) is 0 Å². The smallest absolute Gasteiger partial charge is 0.248 e. The lowest BCUT2D eigenvalue weighted by Crippen LogP contribution is -2.45. The monoisotopic (exact) mass is 406 g/mol. The Morgan fingerprint density at radius 1 is 1.23 bits per heavy atom. The molecule has 1 aromatic carbocycles. The molecule has 22 heavy (non-hydrogen) atoms. The van der Waals surface area contributed by atoms with Crippen LogP contribution < -0.4 is 10.9 Å². The molecule has 1 fully saturated rings. The summed E-state index contributed by atoms with van der Waals surface area (Å²) < 4.78 is 23.5. The number of thioether (sulfide) groups is 1. The minimum Gasteiger partial charge on any atom is -0.273 e. The molecular weight excluding hydrogens is 392 g/mol. The number of nitrogens with one attached hydrogen (secondary N) is 2. The van der Waals surface area contributed by atoms with Crippen molar-refractivity contribution in [2.75, 3.05) is 17.3 Å². The summed E-state index contributed by atoms with van der Waals surface area (Å²) in [5.41, 5.74) is 4.59. The van der Waals surface area contributed by atoms with Crippen molar-refractivity contribution >= 4 is 49.3 Å². The zero-order valence-corrected chi connectivity index (χ0v) is 14.8. The Kier molecular flexibility index (Phi) is 5.87. The van der Waals surface area contributed by atoms with Gasteiger partial charge in [-0.25, -0.2) is 8.42 Å². The maximum atomic E-state index is 11.7. The summed E-state index contributed by atoms with van der Waals surface area (Å²) in [5.74, 6) is -1.35. The fraction of sp³-hybridized carbons (Fsp3) is 0.385. The third kappa shape index (κ3) is 5.29. The number of hydrogen-bond donors (Lipinski definition) is 2. The molecule has 0 aromatic heterocycles. The number of rotatable bonds is 4. The van der Waals surface area contributed by atoms with E-state index in [1.54, 1.807) is 0 Å². The number of sulfone groups is 1. The van der Waals surface area contributed by atoms with E-state index in [0.29, 0.717) is 6.42 Å². The molecule has 0 unspecified atom stereocenters. The van der Waals surface area contributed by atoms with Crippen LogP contribution >= 0.6 is 27.7 Å². The summed E-state index contributed by atoms with van der Waals surface area (Å²) in [7, 11) is -3.11. The van der Waals surface area contributed by atoms with E-state index in [4.69, 9.17) is 0 Å². The van der Waals surface area contributed by atoms with Gasteiger partial charge in [0.1, 0.15) is 0 Å². The molecule has 2 rings (SSSR count). The molecule has 0 aliphatic carbocycles. The normalized spacial score (nSPS) is 19.6. The van der Waals surface area contributed by atoms with Gasteiger partial charge in [0.05, 0.1) is 23.2 Å². The van der Waals surface area contributed by atoms with Gasteiger partial charge in [0, 0.05) is 9.37 Å². The highest BCUT2D eigenvalue weighted by Gasteiger charge is 2.33. The largest absolute Gasteiger partial charge is 0.273 e. The molecule has 6 nitrogen and oxygen atoms in total. The molecule has 9 heteroatoms. The third-order valence-corrected chi connectivity index (χ3v) is 6.42. The van der Waals surface area contributed by atoms with Gasteiger partial charge in [-0.05, 0) is 30.7 Å². The standard InChI is InChI=1S/C13H15BrN2O4S2/c14-10-1-3-11(4-2-10)21-7-12(17)15-16-13(18)9-5-6-22(19,20)8-9/h1-4,9H,5-8H2,(H,15,17)(H,16,18)/t9-/m1/s1. The molecule has 1 aliphatic heterocycles. The summed E-state index contributed by atoms with van der Waals surface area (Å²) in [6.45, 7) is 0. The number of amides is 2. The Morgan fingerprint density at radius 3 is 2.50 bits per heavy atom. The lowest BCUT2D eigenvalue weighted by atomic mass is 10.1. The number of carbonyl (C=O) groups excluding carboxylic acids is 2. The average Bonchev–Trinajstić information content (AvgIpc) is 2.84. The Morgan fingerprint density at radius 2 is 1.91 bits per heavy atom. The first-order valence-corrected chi connectivity index (χ1v) is 10.1. The molecule has 1 heterocycles. The van der Waals surface area contributed by atoms with E-state index in [-0.39, 0.29) is 23.2 Å². The van der Waals surface area contributed by atoms with E-state index >= 15 is 0 Å². The molecule has 0 saturated carbocycles. The highest BCUT2D eigenvalue weighted by molar-refractivity contribution is 9.10. The Hall–Kier alpha value is -1.06. The summed E-state index contributed by atoms with van der Waals surface area (Å²) in [5, 5.41) is 0. The lowest BCUT2D eigenvalue weighted by molar-refractivity contribution is -0.129. The number of carbonyl (C=O) groups is 2. The van der Waals surface area contributed by atoms with Crippen molar-refractivity contribution in [3.63, 3.8) is 0 Å². The van der Waals surface area contributed by atoms with E-state index in [1.165, 1.54) is 11.8 Å². The molecule has 2 amide bonds. The summed E-state index contributed by atoms with van der Waals surface area (Å²) >= 11 is 4.67. The van der Waals surface area contributed by atoms with Crippen LogP contribution in [0, 0.1) is 5.92 Å². The van der Waals surface area contributed by atoms with Gasteiger partial charge < -0.3 is 0 Å². The van der Waals surface area contributed by atoms with Crippen LogP contribution in [-0.2, 0) is 19.4 Å². The minimum atomic E-state index is -3.11. The zero-order valence-electron chi connectivity index (χ0n) is 11.5. The first-order valence-electron chi connectivity index (χ1n) is 6.53. The van der Waals surface area contributed by atoms with Crippen LogP contribution in [0.15, 0.2) is 33.6 Å². The predicted octanol–water partition coefficient (Wildman–Crippen LogP) is 1.12. The van der Waals surface area contributed by atoms with Crippen LogP contribution in [0.4, 0.5) is 0 Å². The number of benzene rings is 1. The molecule has 120 valence electrons. The second kappa shape index (κ2) is 7.47. The molecule has 1 aliphatic rings. The van der Waals surface area contributed by atoms with Gasteiger partial charge in [0.25, 0.3) is 0 Å². The lowest BCUT2D eigenvalue weighted by Gasteiger charge is -2.10. The van der Waals surface area contributed by atoms with Crippen molar-refractivity contribution in [2.45, 2.75) is 11.3 Å². The van der Waals surface area contributed by atoms with Crippen LogP contribution in [0.1, 0.15) is 6.42 Å². The fourth-order valence-electron chi connectivity index (χ4n) is 1.95. The average molecular weight is 407 g/mol. The molecule has 1 saturated heterocycles. The molecule has 1 aromatic rings. The Bertz CT molecular complexity index is 661. The second-order valence-electron chi connectivity index (χ2n) is 4.88. The van der Waals surface area contributed by atoms with Crippen molar-refractivity contribution < 1.29 is 18.0 Å². The first kappa shape index (κ1) is 17.3. The van der Waals surface area contributed by atoms with Crippen LogP contribution in [0.25, 0.3) is 0 Å². The Labute approximate surface area is 141 Å². The second-order valence-corrected chi connectivity index (χ2v) is 9.07. The number of halogens is 1. The maximum absolute atomic E-state index is 11.7. The van der Waals surface area contributed by atoms with Crippen molar-refractivity contribution in [1.82, 2.24) is 10.9 Å². The van der Waals surface area contributed by atoms with Gasteiger partial charge in [-0.1, -0.05) is 15.9 Å². The topological polar surface area (TPSA) is 92.3 Å². The quantitative estimate of drug-likeness (QED) is 0.577. The fourth-order valence-corrected chi connectivity index (χ4v) is 4.66. The van der Waals surface area contributed by atoms with Crippen LogP contribution in [0.2, 0.25) is 0 Å². The van der Waals surface area contributed by atoms with Crippen molar-refractivity contribution in [2.24, 2.45) is 5.92 Å². The molecular formula is C13H15BrN2O4S2. The Balaban J connectivity index is 1.71. The third-order valence-electron chi connectivity index (χ3n) is 3.11. The molecule has 1 atom stereocenters. The SMILES string of the molecule is O=C(CSc1ccc(Br)cc1)NNC(=O)[C@@H]1CCS(=O)(=O)C1. The van der Waals surface area contributed by atoms with Gasteiger partial charge in [-0.15, -0.1) is 11.8 Å². The van der Waals surface area contributed by atoms with E-state index in [2.05, 4.69) is 26.8 Å². The van der Waals surface area contributed by atoms with E-state index in [9.17, 15) is 18.0 Å². The van der Waals surface area contributed by atoms with Gasteiger partial charge >= 0.3 is 0 Å². The molecule has 2 N–H and O–H groups in total. The summed E-state index contributed by atoms with van der Waals surface area (Å²) in [6, 6.07) is 7.51. The molecule has 0 spiro atoms.